The van der Waals surface area contributed by atoms with E-state index < -0.39 is 18.1 Å². The van der Waals surface area contributed by atoms with Crippen LogP contribution in [0.2, 0.25) is 0 Å². The summed E-state index contributed by atoms with van der Waals surface area (Å²) in [6.45, 7) is 1.18. The highest BCUT2D eigenvalue weighted by atomic mass is 16.5. The number of nitrogens with one attached hydrogen (secondary N) is 1. The SMILES string of the molecule is COc1cccc(CC(NC(=O)OCC2c3ccccc3-c3ccccc32)C(=O)O)c1OCCN(C)C. The van der Waals surface area contributed by atoms with Crippen molar-refractivity contribution in [1.29, 1.82) is 0 Å². The van der Waals surface area contributed by atoms with Crippen molar-refractivity contribution in [3.8, 4) is 22.6 Å². The molecule has 3 aromatic carbocycles. The molecule has 194 valence electrons. The van der Waals surface area contributed by atoms with Crippen molar-refractivity contribution in [2.75, 3.05) is 41.0 Å². The summed E-state index contributed by atoms with van der Waals surface area (Å²) in [6, 6.07) is 20.1. The number of aliphatic carboxylic acids is 1. The second-order valence-electron chi connectivity index (χ2n) is 9.17. The van der Waals surface area contributed by atoms with Crippen molar-refractivity contribution in [1.82, 2.24) is 10.2 Å². The fraction of sp³-hybridized carbons (Fsp3) is 0.310. The number of carboxylic acid groups (broad SMARTS) is 1. The smallest absolute Gasteiger partial charge is 0.407 e. The summed E-state index contributed by atoms with van der Waals surface area (Å²) in [6.07, 6.45) is -0.777. The molecule has 8 nitrogen and oxygen atoms in total. The van der Waals surface area contributed by atoms with Crippen LogP contribution >= 0.6 is 0 Å². The largest absolute Gasteiger partial charge is 0.493 e. The lowest BCUT2D eigenvalue weighted by Crippen LogP contribution is -2.43. The highest BCUT2D eigenvalue weighted by Gasteiger charge is 2.30. The minimum absolute atomic E-state index is 0.00796. The number of ether oxygens (including phenoxy) is 3. The number of methoxy groups -OCH3 is 1. The van der Waals surface area contributed by atoms with Gasteiger partial charge in [0.05, 0.1) is 7.11 Å². The molecule has 8 heteroatoms. The maximum Gasteiger partial charge on any atom is 0.407 e. The zero-order chi connectivity index (χ0) is 26.4. The molecule has 2 N–H and O–H groups in total. The van der Waals surface area contributed by atoms with E-state index >= 15 is 0 Å². The summed E-state index contributed by atoms with van der Waals surface area (Å²) >= 11 is 0. The molecule has 37 heavy (non-hydrogen) atoms. The minimum atomic E-state index is -1.21. The summed E-state index contributed by atoms with van der Waals surface area (Å²) < 4.78 is 16.9. The van der Waals surface area contributed by atoms with E-state index in [1.54, 1.807) is 18.2 Å². The van der Waals surface area contributed by atoms with Gasteiger partial charge in [-0.25, -0.2) is 9.59 Å². The Bertz CT molecular complexity index is 1210. The number of para-hydroxylation sites is 1. The third kappa shape index (κ3) is 6.03. The number of benzene rings is 3. The second kappa shape index (κ2) is 11.8. The number of hydrogen-bond donors (Lipinski definition) is 2. The fourth-order valence-electron chi connectivity index (χ4n) is 4.58. The lowest BCUT2D eigenvalue weighted by Gasteiger charge is -2.20. The number of amides is 1. The summed E-state index contributed by atoms with van der Waals surface area (Å²) in [5.74, 6) is -0.318. The predicted molar refractivity (Wildman–Crippen MR) is 140 cm³/mol. The Kier molecular flexibility index (Phi) is 8.30. The molecule has 1 aliphatic carbocycles. The molecule has 0 aromatic heterocycles. The molecule has 0 heterocycles. The monoisotopic (exact) mass is 504 g/mol. The first-order valence-electron chi connectivity index (χ1n) is 12.2. The molecule has 0 fully saturated rings. The van der Waals surface area contributed by atoms with Crippen LogP contribution in [-0.4, -0.2) is 69.1 Å². The first kappa shape index (κ1) is 26.0. The molecular formula is C29H32N2O6. The van der Waals surface area contributed by atoms with Crippen molar-refractivity contribution in [2.45, 2.75) is 18.4 Å². The zero-order valence-electron chi connectivity index (χ0n) is 21.3. The number of carbonyl (C=O) groups is 2. The van der Waals surface area contributed by atoms with Gasteiger partial charge in [-0.2, -0.15) is 0 Å². The summed E-state index contributed by atoms with van der Waals surface area (Å²) in [5, 5.41) is 12.4. The Morgan fingerprint density at radius 1 is 0.973 bits per heavy atom. The molecule has 4 rings (SSSR count). The van der Waals surface area contributed by atoms with Gasteiger partial charge in [0.2, 0.25) is 0 Å². The highest BCUT2D eigenvalue weighted by Crippen LogP contribution is 2.44. The molecule has 0 radical (unpaired) electrons. The average molecular weight is 505 g/mol. The lowest BCUT2D eigenvalue weighted by molar-refractivity contribution is -0.139. The minimum Gasteiger partial charge on any atom is -0.493 e. The van der Waals surface area contributed by atoms with Gasteiger partial charge in [-0.3, -0.25) is 0 Å². The van der Waals surface area contributed by atoms with E-state index in [2.05, 4.69) is 17.4 Å². The number of fused-ring (bicyclic) bond motifs is 3. The number of carboxylic acids is 1. The third-order valence-electron chi connectivity index (χ3n) is 6.42. The Morgan fingerprint density at radius 3 is 2.22 bits per heavy atom. The summed E-state index contributed by atoms with van der Waals surface area (Å²) in [7, 11) is 5.40. The zero-order valence-corrected chi connectivity index (χ0v) is 21.3. The average Bonchev–Trinajstić information content (AvgIpc) is 3.21. The van der Waals surface area contributed by atoms with Gasteiger partial charge in [0.15, 0.2) is 11.5 Å². The van der Waals surface area contributed by atoms with Gasteiger partial charge in [0, 0.05) is 24.4 Å². The Hall–Kier alpha value is -4.04. The Labute approximate surface area is 216 Å². The Morgan fingerprint density at radius 2 is 1.62 bits per heavy atom. The maximum atomic E-state index is 12.7. The topological polar surface area (TPSA) is 97.3 Å². The molecule has 0 saturated heterocycles. The number of carbonyl (C=O) groups excluding carboxylic acids is 1. The number of nitrogens with zero attached hydrogens (tertiary/aromatic N) is 1. The van der Waals surface area contributed by atoms with Crippen molar-refractivity contribution in [2.24, 2.45) is 0 Å². The van der Waals surface area contributed by atoms with Crippen molar-refractivity contribution >= 4 is 12.1 Å². The summed E-state index contributed by atoms with van der Waals surface area (Å²) in [4.78, 5) is 26.8. The van der Waals surface area contributed by atoms with Gasteiger partial charge < -0.3 is 29.5 Å². The molecular weight excluding hydrogens is 472 g/mol. The quantitative estimate of drug-likeness (QED) is 0.405. The van der Waals surface area contributed by atoms with Crippen LogP contribution in [0.3, 0.4) is 0 Å². The van der Waals surface area contributed by atoms with Crippen LogP contribution in [0.15, 0.2) is 66.7 Å². The molecule has 0 spiro atoms. The molecule has 0 aliphatic heterocycles. The standard InChI is InChI=1S/C29H32N2O6/c1-31(2)15-16-36-27-19(9-8-14-26(27)35-3)17-25(28(32)33)30-29(34)37-18-24-22-12-6-4-10-20(22)21-11-5-7-13-23(21)24/h4-14,24-25H,15-18H2,1-3H3,(H,30,34)(H,32,33). The van der Waals surface area contributed by atoms with Crippen molar-refractivity contribution < 1.29 is 28.9 Å². The molecule has 1 amide bonds. The van der Waals surface area contributed by atoms with Crippen LogP contribution in [0.4, 0.5) is 4.79 Å². The number of likely N-dealkylation sites (N-methyl/N-ethyl adjacent to an activating group) is 1. The van der Waals surface area contributed by atoms with E-state index in [-0.39, 0.29) is 18.9 Å². The van der Waals surface area contributed by atoms with Crippen LogP contribution in [-0.2, 0) is 16.0 Å². The fourth-order valence-corrected chi connectivity index (χ4v) is 4.58. The van der Waals surface area contributed by atoms with Gasteiger partial charge >= 0.3 is 12.1 Å². The van der Waals surface area contributed by atoms with E-state index in [9.17, 15) is 14.7 Å². The number of rotatable bonds is 11. The second-order valence-corrected chi connectivity index (χ2v) is 9.17. The van der Waals surface area contributed by atoms with Gasteiger partial charge in [-0.05, 0) is 42.4 Å². The molecule has 1 aliphatic rings. The normalized spacial score (nSPS) is 13.0. The highest BCUT2D eigenvalue weighted by molar-refractivity contribution is 5.81. The van der Waals surface area contributed by atoms with Gasteiger partial charge in [-0.1, -0.05) is 60.7 Å². The first-order valence-corrected chi connectivity index (χ1v) is 12.2. The molecule has 3 aromatic rings. The summed E-state index contributed by atoms with van der Waals surface area (Å²) in [5.41, 5.74) is 5.03. The maximum absolute atomic E-state index is 12.7. The van der Waals surface area contributed by atoms with Crippen LogP contribution < -0.4 is 14.8 Å². The van der Waals surface area contributed by atoms with Crippen LogP contribution in [0.5, 0.6) is 11.5 Å². The Balaban J connectivity index is 1.44. The lowest BCUT2D eigenvalue weighted by atomic mass is 9.98. The van der Waals surface area contributed by atoms with Crippen molar-refractivity contribution in [3.05, 3.63) is 83.4 Å². The molecule has 1 unspecified atom stereocenters. The van der Waals surface area contributed by atoms with E-state index in [1.807, 2.05) is 55.4 Å². The van der Waals surface area contributed by atoms with Gasteiger partial charge in [0.1, 0.15) is 19.3 Å². The van der Waals surface area contributed by atoms with Crippen LogP contribution in [0.25, 0.3) is 11.1 Å². The molecule has 1 atom stereocenters. The number of alkyl carbamates (subject to hydrolysis) is 1. The van der Waals surface area contributed by atoms with Gasteiger partial charge in [-0.15, -0.1) is 0 Å². The van der Waals surface area contributed by atoms with Crippen LogP contribution in [0, 0.1) is 0 Å². The van der Waals surface area contributed by atoms with Gasteiger partial charge in [0.25, 0.3) is 0 Å². The van der Waals surface area contributed by atoms with E-state index in [4.69, 9.17) is 14.2 Å². The molecule has 0 saturated carbocycles. The first-order chi connectivity index (χ1) is 17.9. The van der Waals surface area contributed by atoms with E-state index in [0.29, 0.717) is 30.2 Å². The number of hydrogen-bond acceptors (Lipinski definition) is 6. The third-order valence-corrected chi connectivity index (χ3v) is 6.42. The van der Waals surface area contributed by atoms with E-state index in [1.165, 1.54) is 7.11 Å². The van der Waals surface area contributed by atoms with Crippen LogP contribution in [0.1, 0.15) is 22.6 Å². The van der Waals surface area contributed by atoms with E-state index in [0.717, 1.165) is 22.3 Å². The predicted octanol–water partition coefficient (Wildman–Crippen LogP) is 4.17. The van der Waals surface area contributed by atoms with Crippen molar-refractivity contribution in [3.63, 3.8) is 0 Å². The molecule has 0 bridgehead atoms.